The number of fused-ring (bicyclic) bond motifs is 1. The summed E-state index contributed by atoms with van der Waals surface area (Å²) in [5.74, 6) is -0.725. The molecular weight excluding hydrogens is 382 g/mol. The van der Waals surface area contributed by atoms with Gasteiger partial charge in [0.1, 0.15) is 23.0 Å². The Hall–Kier alpha value is -3.93. The Bertz CT molecular complexity index is 1270. The number of pyridine rings is 2. The molecule has 1 aliphatic heterocycles. The molecule has 30 heavy (non-hydrogen) atoms. The van der Waals surface area contributed by atoms with E-state index in [0.29, 0.717) is 22.3 Å². The first kappa shape index (κ1) is 18.1. The van der Waals surface area contributed by atoms with Crippen molar-refractivity contribution in [2.24, 2.45) is 10.7 Å². The lowest BCUT2D eigenvalue weighted by Crippen LogP contribution is -2.25. The summed E-state index contributed by atoms with van der Waals surface area (Å²) in [6.45, 7) is 0. The zero-order valence-electron chi connectivity index (χ0n) is 15.8. The molecule has 4 nitrogen and oxygen atoms in total. The second-order valence-electron chi connectivity index (χ2n) is 7.04. The fourth-order valence-corrected chi connectivity index (χ4v) is 4.08. The van der Waals surface area contributed by atoms with E-state index in [9.17, 15) is 8.78 Å². The highest BCUT2D eigenvalue weighted by atomic mass is 19.1. The van der Waals surface area contributed by atoms with Crippen molar-refractivity contribution >= 4 is 5.84 Å². The van der Waals surface area contributed by atoms with Gasteiger partial charge in [-0.05, 0) is 47.5 Å². The number of hydrogen-bond donors (Lipinski definition) is 1. The van der Waals surface area contributed by atoms with E-state index in [-0.39, 0.29) is 17.2 Å². The summed E-state index contributed by atoms with van der Waals surface area (Å²) in [4.78, 5) is 12.9. The Morgan fingerprint density at radius 2 is 1.60 bits per heavy atom. The normalized spacial score (nSPS) is 17.5. The number of amidine groups is 1. The Morgan fingerprint density at radius 1 is 0.767 bits per heavy atom. The second-order valence-corrected chi connectivity index (χ2v) is 7.04. The van der Waals surface area contributed by atoms with Crippen LogP contribution < -0.4 is 5.73 Å². The van der Waals surface area contributed by atoms with Gasteiger partial charge >= 0.3 is 0 Å². The lowest BCUT2D eigenvalue weighted by molar-refractivity contribution is 0.611. The second kappa shape index (κ2) is 6.84. The minimum Gasteiger partial charge on any atom is -0.383 e. The van der Waals surface area contributed by atoms with Gasteiger partial charge in [0.05, 0.1) is 5.56 Å². The van der Waals surface area contributed by atoms with Crippen LogP contribution in [-0.4, -0.2) is 15.8 Å². The van der Waals surface area contributed by atoms with Crippen LogP contribution in [0.5, 0.6) is 0 Å². The molecular formula is C24H16F2N4. The van der Waals surface area contributed by atoms with Crippen molar-refractivity contribution in [2.45, 2.75) is 5.54 Å². The zero-order valence-corrected chi connectivity index (χ0v) is 15.8. The number of nitrogens with zero attached hydrogens (tertiary/aromatic N) is 3. The summed E-state index contributed by atoms with van der Waals surface area (Å²) >= 11 is 0. The van der Waals surface area contributed by atoms with Gasteiger partial charge in [-0.25, -0.2) is 13.8 Å². The minimum absolute atomic E-state index is 0.104. The van der Waals surface area contributed by atoms with Crippen molar-refractivity contribution < 1.29 is 8.78 Å². The largest absolute Gasteiger partial charge is 0.383 e. The molecule has 146 valence electrons. The number of aromatic nitrogens is 2. The van der Waals surface area contributed by atoms with Crippen LogP contribution in [0.1, 0.15) is 22.3 Å². The first-order valence-corrected chi connectivity index (χ1v) is 9.37. The smallest absolute Gasteiger partial charge is 0.139 e. The quantitative estimate of drug-likeness (QED) is 0.555. The van der Waals surface area contributed by atoms with Gasteiger partial charge in [0, 0.05) is 41.5 Å². The van der Waals surface area contributed by atoms with Crippen LogP contribution in [0.2, 0.25) is 0 Å². The highest BCUT2D eigenvalue weighted by Crippen LogP contribution is 2.47. The average Bonchev–Trinajstić information content (AvgIpc) is 3.10. The molecule has 0 saturated heterocycles. The number of halogens is 2. The van der Waals surface area contributed by atoms with Gasteiger partial charge < -0.3 is 5.73 Å². The number of aliphatic imine (C=N–C) groups is 1. The first-order valence-electron chi connectivity index (χ1n) is 9.37. The molecule has 1 aliphatic rings. The Labute approximate surface area is 171 Å². The topological polar surface area (TPSA) is 64.2 Å². The predicted molar refractivity (Wildman–Crippen MR) is 111 cm³/mol. The lowest BCUT2D eigenvalue weighted by Gasteiger charge is -2.29. The van der Waals surface area contributed by atoms with Crippen molar-refractivity contribution in [1.29, 1.82) is 0 Å². The van der Waals surface area contributed by atoms with Crippen LogP contribution in [0, 0.1) is 11.6 Å². The molecule has 5 rings (SSSR count). The van der Waals surface area contributed by atoms with E-state index in [1.807, 2.05) is 12.1 Å². The lowest BCUT2D eigenvalue weighted by atomic mass is 9.77. The van der Waals surface area contributed by atoms with Gasteiger partial charge in [0.15, 0.2) is 0 Å². The Balaban J connectivity index is 1.83. The van der Waals surface area contributed by atoms with E-state index in [2.05, 4.69) is 9.97 Å². The maximum atomic E-state index is 14.7. The number of hydrogen-bond acceptors (Lipinski definition) is 4. The Kier molecular flexibility index (Phi) is 4.13. The van der Waals surface area contributed by atoms with Gasteiger partial charge in [0.25, 0.3) is 0 Å². The summed E-state index contributed by atoms with van der Waals surface area (Å²) < 4.78 is 29.4. The van der Waals surface area contributed by atoms with Gasteiger partial charge in [0.2, 0.25) is 0 Å². The molecule has 0 radical (unpaired) electrons. The number of benzene rings is 2. The average molecular weight is 398 g/mol. The monoisotopic (exact) mass is 398 g/mol. The van der Waals surface area contributed by atoms with E-state index < -0.39 is 11.4 Å². The number of nitrogens with two attached hydrogens (primary N) is 1. The van der Waals surface area contributed by atoms with E-state index in [4.69, 9.17) is 10.7 Å². The molecule has 0 amide bonds. The molecule has 2 aromatic heterocycles. The van der Waals surface area contributed by atoms with Gasteiger partial charge in [-0.1, -0.05) is 24.3 Å². The standard InChI is InChI=1S/C24H16F2N4/c25-20-7-6-17(13-18(20)15-3-2-10-29-14-15)24(16-8-11-28-12-9-16)19-4-1-5-21(26)22(19)23(27)30-24/h1-14H,(H2,27,30). The fraction of sp³-hybridized carbons (Fsp3) is 0.0417. The van der Waals surface area contributed by atoms with Crippen LogP contribution in [0.25, 0.3) is 11.1 Å². The third-order valence-electron chi connectivity index (χ3n) is 5.40. The van der Waals surface area contributed by atoms with Crippen LogP contribution in [-0.2, 0) is 5.54 Å². The Morgan fingerprint density at radius 3 is 2.37 bits per heavy atom. The van der Waals surface area contributed by atoms with Crippen molar-refractivity contribution in [1.82, 2.24) is 9.97 Å². The summed E-state index contributed by atoms with van der Waals surface area (Å²) in [5, 5.41) is 0. The van der Waals surface area contributed by atoms with Crippen LogP contribution >= 0.6 is 0 Å². The minimum atomic E-state index is -1.12. The van der Waals surface area contributed by atoms with Gasteiger partial charge in [-0.15, -0.1) is 0 Å². The molecule has 0 aliphatic carbocycles. The van der Waals surface area contributed by atoms with E-state index in [1.54, 1.807) is 61.2 Å². The highest BCUT2D eigenvalue weighted by Gasteiger charge is 2.44. The molecule has 0 saturated carbocycles. The van der Waals surface area contributed by atoms with Gasteiger partial charge in [-0.3, -0.25) is 9.97 Å². The van der Waals surface area contributed by atoms with Crippen molar-refractivity contribution in [2.75, 3.05) is 0 Å². The maximum absolute atomic E-state index is 14.7. The van der Waals surface area contributed by atoms with Crippen molar-refractivity contribution in [3.63, 3.8) is 0 Å². The fourth-order valence-electron chi connectivity index (χ4n) is 4.08. The van der Waals surface area contributed by atoms with Gasteiger partial charge in [-0.2, -0.15) is 0 Å². The molecule has 1 unspecified atom stereocenters. The summed E-state index contributed by atoms with van der Waals surface area (Å²) in [5.41, 5.74) is 8.39. The van der Waals surface area contributed by atoms with Crippen LogP contribution in [0.4, 0.5) is 8.78 Å². The highest BCUT2D eigenvalue weighted by molar-refractivity contribution is 6.03. The summed E-state index contributed by atoms with van der Waals surface area (Å²) in [7, 11) is 0. The molecule has 2 aromatic carbocycles. The molecule has 4 aromatic rings. The molecule has 0 spiro atoms. The molecule has 0 fully saturated rings. The van der Waals surface area contributed by atoms with Crippen LogP contribution in [0.3, 0.4) is 0 Å². The molecule has 3 heterocycles. The molecule has 2 N–H and O–H groups in total. The first-order chi connectivity index (χ1) is 14.6. The maximum Gasteiger partial charge on any atom is 0.139 e. The molecule has 6 heteroatoms. The zero-order chi connectivity index (χ0) is 20.7. The molecule has 1 atom stereocenters. The SMILES string of the molecule is NC1=NC(c2ccncc2)(c2ccc(F)c(-c3cccnc3)c2)c2cccc(F)c21. The third kappa shape index (κ3) is 2.61. The van der Waals surface area contributed by atoms with E-state index >= 15 is 0 Å². The van der Waals surface area contributed by atoms with Crippen molar-refractivity contribution in [3.8, 4) is 11.1 Å². The third-order valence-corrected chi connectivity index (χ3v) is 5.40. The number of rotatable bonds is 3. The van der Waals surface area contributed by atoms with Crippen molar-refractivity contribution in [3.05, 3.63) is 119 Å². The van der Waals surface area contributed by atoms with E-state index in [0.717, 1.165) is 5.56 Å². The summed E-state index contributed by atoms with van der Waals surface area (Å²) in [6.07, 6.45) is 6.52. The predicted octanol–water partition coefficient (Wildman–Crippen LogP) is 4.43. The van der Waals surface area contributed by atoms with E-state index in [1.165, 1.54) is 12.1 Å². The van der Waals surface area contributed by atoms with Crippen LogP contribution in [0.15, 0.2) is 90.4 Å². The molecule has 0 bridgehead atoms. The summed E-state index contributed by atoms with van der Waals surface area (Å²) in [6, 6.07) is 16.7.